The maximum absolute atomic E-state index is 13.0. The third-order valence-electron chi connectivity index (χ3n) is 5.89. The molecule has 2 aliphatic rings. The number of aromatic nitrogens is 1. The highest BCUT2D eigenvalue weighted by Crippen LogP contribution is 2.43. The molecule has 1 aromatic carbocycles. The average Bonchev–Trinajstić information content (AvgIpc) is 2.93. The predicted octanol–water partition coefficient (Wildman–Crippen LogP) is 2.94. The van der Waals surface area contributed by atoms with Crippen molar-refractivity contribution in [3.63, 3.8) is 0 Å². The van der Waals surface area contributed by atoms with Crippen molar-refractivity contribution >= 4 is 5.91 Å². The van der Waals surface area contributed by atoms with Crippen LogP contribution in [0.4, 0.5) is 0 Å². The van der Waals surface area contributed by atoms with Gasteiger partial charge < -0.3 is 14.2 Å². The minimum absolute atomic E-state index is 0.0567. The Hall–Kier alpha value is -2.56. The van der Waals surface area contributed by atoms with E-state index in [1.807, 2.05) is 12.1 Å². The summed E-state index contributed by atoms with van der Waals surface area (Å²) >= 11 is 0. The maximum Gasteiger partial charge on any atom is 0.255 e. The summed E-state index contributed by atoms with van der Waals surface area (Å²) in [7, 11) is 3.36. The molecule has 1 unspecified atom stereocenters. The number of pyridine rings is 1. The smallest absolute Gasteiger partial charge is 0.255 e. The zero-order valence-corrected chi connectivity index (χ0v) is 15.2. The molecular formula is C21H24N2O3. The van der Waals surface area contributed by atoms with Gasteiger partial charge in [0, 0.05) is 31.4 Å². The zero-order chi connectivity index (χ0) is 18.3. The molecule has 3 atom stereocenters. The van der Waals surface area contributed by atoms with Crippen LogP contribution >= 0.6 is 0 Å². The van der Waals surface area contributed by atoms with E-state index in [0.717, 1.165) is 31.4 Å². The highest BCUT2D eigenvalue weighted by Gasteiger charge is 2.43. The maximum atomic E-state index is 13.0. The van der Waals surface area contributed by atoms with E-state index in [-0.39, 0.29) is 23.6 Å². The molecule has 2 aromatic rings. The number of carbonyl (C=O) groups is 1. The van der Waals surface area contributed by atoms with Crippen LogP contribution < -0.4 is 10.3 Å². The summed E-state index contributed by atoms with van der Waals surface area (Å²) in [6, 6.07) is 12.0. The van der Waals surface area contributed by atoms with Gasteiger partial charge >= 0.3 is 0 Å². The minimum atomic E-state index is -0.0947. The fourth-order valence-electron chi connectivity index (χ4n) is 4.53. The molecule has 2 bridgehead atoms. The van der Waals surface area contributed by atoms with Crippen molar-refractivity contribution in [2.24, 2.45) is 7.05 Å². The van der Waals surface area contributed by atoms with Gasteiger partial charge in [-0.05, 0) is 55.4 Å². The number of fused-ring (bicyclic) bond motifs is 2. The summed E-state index contributed by atoms with van der Waals surface area (Å²) in [5.74, 6) is 1.42. The first-order valence-electron chi connectivity index (χ1n) is 9.20. The van der Waals surface area contributed by atoms with Gasteiger partial charge in [0.25, 0.3) is 5.91 Å². The molecule has 5 heteroatoms. The van der Waals surface area contributed by atoms with E-state index < -0.39 is 0 Å². The van der Waals surface area contributed by atoms with Gasteiger partial charge in [0.2, 0.25) is 5.56 Å². The third-order valence-corrected chi connectivity index (χ3v) is 5.89. The van der Waals surface area contributed by atoms with E-state index in [9.17, 15) is 9.59 Å². The Morgan fingerprint density at radius 2 is 1.69 bits per heavy atom. The molecule has 2 saturated heterocycles. The molecule has 1 aromatic heterocycles. The first-order chi connectivity index (χ1) is 12.6. The van der Waals surface area contributed by atoms with Crippen LogP contribution in [0.25, 0.3) is 0 Å². The van der Waals surface area contributed by atoms with Crippen molar-refractivity contribution in [3.05, 3.63) is 64.1 Å². The van der Waals surface area contributed by atoms with E-state index in [4.69, 9.17) is 4.74 Å². The summed E-state index contributed by atoms with van der Waals surface area (Å²) in [5, 5.41) is 0. The van der Waals surface area contributed by atoms with Crippen molar-refractivity contribution in [1.29, 1.82) is 0 Å². The van der Waals surface area contributed by atoms with Gasteiger partial charge in [0.05, 0.1) is 12.7 Å². The van der Waals surface area contributed by atoms with E-state index in [2.05, 4.69) is 17.0 Å². The monoisotopic (exact) mass is 352 g/mol. The van der Waals surface area contributed by atoms with Gasteiger partial charge in [-0.1, -0.05) is 12.1 Å². The fraction of sp³-hybridized carbons (Fsp3) is 0.429. The summed E-state index contributed by atoms with van der Waals surface area (Å²) in [5.41, 5.74) is 1.84. The molecule has 0 saturated carbocycles. The van der Waals surface area contributed by atoms with Crippen LogP contribution in [-0.2, 0) is 7.05 Å². The minimum Gasteiger partial charge on any atom is -0.497 e. The number of aryl methyl sites for hydroxylation is 1. The Labute approximate surface area is 153 Å². The number of nitrogens with zero attached hydrogens (tertiary/aromatic N) is 2. The number of carbonyl (C=O) groups excluding carboxylic acids is 1. The lowest BCUT2D eigenvalue weighted by atomic mass is 9.85. The number of ether oxygens (including phenoxy) is 1. The number of rotatable bonds is 3. The van der Waals surface area contributed by atoms with E-state index in [1.165, 1.54) is 16.2 Å². The Kier molecular flexibility index (Phi) is 4.31. The van der Waals surface area contributed by atoms with Crippen LogP contribution in [0.3, 0.4) is 0 Å². The van der Waals surface area contributed by atoms with E-state index >= 15 is 0 Å². The van der Waals surface area contributed by atoms with E-state index in [0.29, 0.717) is 11.5 Å². The lowest BCUT2D eigenvalue weighted by Crippen LogP contribution is -2.46. The number of hydrogen-bond acceptors (Lipinski definition) is 3. The lowest BCUT2D eigenvalue weighted by molar-refractivity contribution is 0.0570. The van der Waals surface area contributed by atoms with Crippen LogP contribution in [0.1, 0.15) is 47.5 Å². The molecular weight excluding hydrogens is 328 g/mol. The van der Waals surface area contributed by atoms with Gasteiger partial charge in [0.1, 0.15) is 5.75 Å². The van der Waals surface area contributed by atoms with Gasteiger partial charge in [-0.25, -0.2) is 0 Å². The molecule has 4 rings (SSSR count). The largest absolute Gasteiger partial charge is 0.497 e. The number of benzene rings is 1. The highest BCUT2D eigenvalue weighted by atomic mass is 16.5. The zero-order valence-electron chi connectivity index (χ0n) is 15.2. The second-order valence-electron chi connectivity index (χ2n) is 7.41. The lowest BCUT2D eigenvalue weighted by Gasteiger charge is -2.39. The molecule has 136 valence electrons. The first-order valence-corrected chi connectivity index (χ1v) is 9.20. The summed E-state index contributed by atoms with van der Waals surface area (Å²) in [6.45, 7) is 0. The second-order valence-corrected chi connectivity index (χ2v) is 7.41. The van der Waals surface area contributed by atoms with Crippen LogP contribution in [-0.4, -0.2) is 34.6 Å². The Morgan fingerprint density at radius 1 is 1.04 bits per heavy atom. The third kappa shape index (κ3) is 2.91. The second kappa shape index (κ2) is 6.63. The number of amides is 1. The molecule has 5 nitrogen and oxygen atoms in total. The molecule has 26 heavy (non-hydrogen) atoms. The van der Waals surface area contributed by atoms with E-state index in [1.54, 1.807) is 26.4 Å². The molecule has 2 fully saturated rings. The van der Waals surface area contributed by atoms with Crippen molar-refractivity contribution < 1.29 is 9.53 Å². The summed E-state index contributed by atoms with van der Waals surface area (Å²) in [4.78, 5) is 26.7. The summed E-state index contributed by atoms with van der Waals surface area (Å²) < 4.78 is 6.72. The number of hydrogen-bond donors (Lipinski definition) is 0. The van der Waals surface area contributed by atoms with Crippen molar-refractivity contribution in [2.45, 2.75) is 43.7 Å². The number of methoxy groups -OCH3 is 1. The Balaban J connectivity index is 1.53. The van der Waals surface area contributed by atoms with Gasteiger partial charge in [0.15, 0.2) is 0 Å². The van der Waals surface area contributed by atoms with Gasteiger partial charge in [-0.15, -0.1) is 0 Å². The topological polar surface area (TPSA) is 51.5 Å². The van der Waals surface area contributed by atoms with Crippen LogP contribution in [0.2, 0.25) is 0 Å². The normalized spacial score (nSPS) is 24.5. The fourth-order valence-corrected chi connectivity index (χ4v) is 4.53. The van der Waals surface area contributed by atoms with Crippen molar-refractivity contribution in [2.75, 3.05) is 7.11 Å². The van der Waals surface area contributed by atoms with Crippen LogP contribution in [0.5, 0.6) is 5.75 Å². The SMILES string of the molecule is COc1ccc(C2C[C@H]3CC[C@@H](C2)N3C(=O)c2ccc(=O)n(C)c2)cc1. The van der Waals surface area contributed by atoms with Gasteiger partial charge in [-0.2, -0.15) is 0 Å². The highest BCUT2D eigenvalue weighted by molar-refractivity contribution is 5.94. The molecule has 0 spiro atoms. The Bertz CT molecular complexity index is 858. The van der Waals surface area contributed by atoms with Crippen molar-refractivity contribution in [3.8, 4) is 5.75 Å². The van der Waals surface area contributed by atoms with Crippen molar-refractivity contribution in [1.82, 2.24) is 9.47 Å². The Morgan fingerprint density at radius 3 is 2.27 bits per heavy atom. The quantitative estimate of drug-likeness (QED) is 0.853. The average molecular weight is 352 g/mol. The molecule has 0 N–H and O–H groups in total. The molecule has 3 heterocycles. The summed E-state index contributed by atoms with van der Waals surface area (Å²) in [6.07, 6.45) is 5.78. The number of piperidine rings is 1. The standard InChI is InChI=1S/C21H24N2O3/c1-22-13-15(5-10-20(22)24)21(25)23-17-6-7-18(23)12-16(11-17)14-3-8-19(26-2)9-4-14/h3-5,8-10,13,16-18H,6-7,11-12H2,1-2H3/t16?,17-,18+. The molecule has 2 aliphatic heterocycles. The predicted molar refractivity (Wildman–Crippen MR) is 99.6 cm³/mol. The molecule has 0 radical (unpaired) electrons. The van der Waals surface area contributed by atoms with Crippen LogP contribution in [0, 0.1) is 0 Å². The van der Waals surface area contributed by atoms with Gasteiger partial charge in [-0.3, -0.25) is 9.59 Å². The van der Waals surface area contributed by atoms with Crippen LogP contribution in [0.15, 0.2) is 47.4 Å². The molecule has 1 amide bonds. The molecule has 0 aliphatic carbocycles. The first kappa shape index (κ1) is 16.9.